The van der Waals surface area contributed by atoms with E-state index in [0.29, 0.717) is 12.6 Å². The van der Waals surface area contributed by atoms with Crippen molar-refractivity contribution in [3.63, 3.8) is 0 Å². The SMILES string of the molecule is CCOC(=O)C(C)c1cccc(N2CCC(NC)CC2)c1. The van der Waals surface area contributed by atoms with Gasteiger partial charge < -0.3 is 15.0 Å². The van der Waals surface area contributed by atoms with Crippen molar-refractivity contribution in [2.24, 2.45) is 0 Å². The van der Waals surface area contributed by atoms with Crippen LogP contribution in [-0.2, 0) is 9.53 Å². The Morgan fingerprint density at radius 3 is 2.76 bits per heavy atom. The van der Waals surface area contributed by atoms with Crippen molar-refractivity contribution in [3.8, 4) is 0 Å². The van der Waals surface area contributed by atoms with Crippen LogP contribution in [0, 0.1) is 0 Å². The van der Waals surface area contributed by atoms with E-state index in [1.807, 2.05) is 33.0 Å². The molecule has 1 aromatic carbocycles. The average molecular weight is 290 g/mol. The van der Waals surface area contributed by atoms with Gasteiger partial charge in [0.2, 0.25) is 0 Å². The molecule has 0 aliphatic carbocycles. The Balaban J connectivity index is 2.06. The number of hydrogen-bond acceptors (Lipinski definition) is 4. The van der Waals surface area contributed by atoms with E-state index in [0.717, 1.165) is 31.5 Å². The highest BCUT2D eigenvalue weighted by Gasteiger charge is 2.20. The Hall–Kier alpha value is -1.55. The summed E-state index contributed by atoms with van der Waals surface area (Å²) >= 11 is 0. The third kappa shape index (κ3) is 3.97. The van der Waals surface area contributed by atoms with Crippen molar-refractivity contribution < 1.29 is 9.53 Å². The van der Waals surface area contributed by atoms with Gasteiger partial charge in [0.15, 0.2) is 0 Å². The Kier molecular flexibility index (Phi) is 5.62. The molecule has 0 spiro atoms. The monoisotopic (exact) mass is 290 g/mol. The highest BCUT2D eigenvalue weighted by atomic mass is 16.5. The van der Waals surface area contributed by atoms with Crippen LogP contribution in [0.25, 0.3) is 0 Å². The molecule has 1 atom stereocenters. The van der Waals surface area contributed by atoms with Gasteiger partial charge in [-0.25, -0.2) is 0 Å². The number of rotatable bonds is 5. The van der Waals surface area contributed by atoms with Crippen LogP contribution in [0.1, 0.15) is 38.2 Å². The van der Waals surface area contributed by atoms with Gasteiger partial charge in [-0.05, 0) is 51.4 Å². The molecule has 1 aliphatic heterocycles. The normalized spacial score (nSPS) is 17.6. The average Bonchev–Trinajstić information content (AvgIpc) is 2.54. The molecule has 1 heterocycles. The van der Waals surface area contributed by atoms with Gasteiger partial charge in [0.25, 0.3) is 0 Å². The van der Waals surface area contributed by atoms with Gasteiger partial charge in [0.1, 0.15) is 0 Å². The molecule has 116 valence electrons. The fourth-order valence-corrected chi connectivity index (χ4v) is 2.82. The predicted octanol–water partition coefficient (Wildman–Crippen LogP) is 2.54. The number of nitrogens with one attached hydrogen (secondary N) is 1. The van der Waals surface area contributed by atoms with E-state index in [1.54, 1.807) is 0 Å². The number of hydrogen-bond donors (Lipinski definition) is 1. The van der Waals surface area contributed by atoms with Crippen molar-refractivity contribution in [2.75, 3.05) is 31.6 Å². The molecule has 21 heavy (non-hydrogen) atoms. The third-order valence-corrected chi connectivity index (χ3v) is 4.28. The predicted molar refractivity (Wildman–Crippen MR) is 85.8 cm³/mol. The number of nitrogens with zero attached hydrogens (tertiary/aromatic N) is 1. The topological polar surface area (TPSA) is 41.6 Å². The molecule has 1 fully saturated rings. The maximum atomic E-state index is 11.9. The molecule has 0 aromatic heterocycles. The lowest BCUT2D eigenvalue weighted by Crippen LogP contribution is -2.41. The van der Waals surface area contributed by atoms with Crippen LogP contribution in [0.15, 0.2) is 24.3 Å². The Morgan fingerprint density at radius 2 is 2.14 bits per heavy atom. The van der Waals surface area contributed by atoms with Crippen LogP contribution >= 0.6 is 0 Å². The number of anilines is 1. The van der Waals surface area contributed by atoms with Gasteiger partial charge in [-0.15, -0.1) is 0 Å². The number of carbonyl (C=O) groups excluding carboxylic acids is 1. The molecule has 1 aromatic rings. The van der Waals surface area contributed by atoms with Crippen LogP contribution in [0.2, 0.25) is 0 Å². The van der Waals surface area contributed by atoms with Crippen LogP contribution < -0.4 is 10.2 Å². The third-order valence-electron chi connectivity index (χ3n) is 4.28. The minimum absolute atomic E-state index is 0.149. The number of esters is 1. The first-order valence-electron chi connectivity index (χ1n) is 7.84. The van der Waals surface area contributed by atoms with E-state index in [4.69, 9.17) is 4.74 Å². The van der Waals surface area contributed by atoms with Gasteiger partial charge in [-0.2, -0.15) is 0 Å². The van der Waals surface area contributed by atoms with Crippen molar-refractivity contribution in [1.29, 1.82) is 0 Å². The van der Waals surface area contributed by atoms with Gasteiger partial charge in [-0.1, -0.05) is 12.1 Å². The van der Waals surface area contributed by atoms with Crippen LogP contribution in [0.4, 0.5) is 5.69 Å². The summed E-state index contributed by atoms with van der Waals surface area (Å²) in [6.07, 6.45) is 2.32. The number of carbonyl (C=O) groups is 1. The maximum Gasteiger partial charge on any atom is 0.313 e. The fraction of sp³-hybridized carbons (Fsp3) is 0.588. The van der Waals surface area contributed by atoms with Gasteiger partial charge in [0, 0.05) is 24.8 Å². The van der Waals surface area contributed by atoms with Crippen LogP contribution in [0.5, 0.6) is 0 Å². The molecule has 1 saturated heterocycles. The van der Waals surface area contributed by atoms with E-state index >= 15 is 0 Å². The molecule has 4 nitrogen and oxygen atoms in total. The second-order valence-electron chi connectivity index (χ2n) is 5.62. The minimum Gasteiger partial charge on any atom is -0.466 e. The first kappa shape index (κ1) is 15.8. The zero-order valence-corrected chi connectivity index (χ0v) is 13.3. The van der Waals surface area contributed by atoms with Crippen molar-refractivity contribution in [2.45, 2.75) is 38.6 Å². The Labute approximate surface area is 127 Å². The lowest BCUT2D eigenvalue weighted by molar-refractivity contribution is -0.144. The number of benzene rings is 1. The zero-order valence-electron chi connectivity index (χ0n) is 13.3. The molecule has 2 rings (SSSR count). The molecular formula is C17H26N2O2. The summed E-state index contributed by atoms with van der Waals surface area (Å²) in [6.45, 7) is 6.29. The summed E-state index contributed by atoms with van der Waals surface area (Å²) < 4.78 is 5.11. The summed E-state index contributed by atoms with van der Waals surface area (Å²) in [7, 11) is 2.03. The Bertz CT molecular complexity index is 468. The lowest BCUT2D eigenvalue weighted by atomic mass is 9.99. The summed E-state index contributed by atoms with van der Waals surface area (Å²) in [5.41, 5.74) is 2.24. The molecular weight excluding hydrogens is 264 g/mol. The largest absolute Gasteiger partial charge is 0.466 e. The van der Waals surface area contributed by atoms with Gasteiger partial charge in [-0.3, -0.25) is 4.79 Å². The molecule has 0 saturated carbocycles. The highest BCUT2D eigenvalue weighted by molar-refractivity contribution is 5.78. The molecule has 1 N–H and O–H groups in total. The second kappa shape index (κ2) is 7.46. The molecule has 0 amide bonds. The van der Waals surface area contributed by atoms with Crippen molar-refractivity contribution in [1.82, 2.24) is 5.32 Å². The lowest BCUT2D eigenvalue weighted by Gasteiger charge is -2.33. The summed E-state index contributed by atoms with van der Waals surface area (Å²) in [5.74, 6) is -0.358. The smallest absolute Gasteiger partial charge is 0.313 e. The van der Waals surface area contributed by atoms with E-state index in [1.165, 1.54) is 5.69 Å². The standard InChI is InChI=1S/C17H26N2O2/c1-4-21-17(20)13(2)14-6-5-7-16(12-14)19-10-8-15(18-3)9-11-19/h5-7,12-13,15,18H,4,8-11H2,1-3H3. The van der Waals surface area contributed by atoms with E-state index < -0.39 is 0 Å². The first-order valence-corrected chi connectivity index (χ1v) is 7.84. The number of ether oxygens (including phenoxy) is 1. The van der Waals surface area contributed by atoms with Crippen molar-refractivity contribution in [3.05, 3.63) is 29.8 Å². The summed E-state index contributed by atoms with van der Waals surface area (Å²) in [6, 6.07) is 8.92. The molecule has 0 radical (unpaired) electrons. The highest BCUT2D eigenvalue weighted by Crippen LogP contribution is 2.25. The molecule has 1 unspecified atom stereocenters. The first-order chi connectivity index (χ1) is 10.2. The maximum absolute atomic E-state index is 11.9. The minimum atomic E-state index is -0.209. The summed E-state index contributed by atoms with van der Waals surface area (Å²) in [5, 5.41) is 3.35. The van der Waals surface area contributed by atoms with Crippen molar-refractivity contribution >= 4 is 11.7 Å². The quantitative estimate of drug-likeness (QED) is 0.846. The molecule has 1 aliphatic rings. The molecule has 0 bridgehead atoms. The number of piperidine rings is 1. The molecule has 4 heteroatoms. The van der Waals surface area contributed by atoms with E-state index in [-0.39, 0.29) is 11.9 Å². The van der Waals surface area contributed by atoms with E-state index in [2.05, 4.69) is 22.3 Å². The van der Waals surface area contributed by atoms with E-state index in [9.17, 15) is 4.79 Å². The van der Waals surface area contributed by atoms with Crippen LogP contribution in [0.3, 0.4) is 0 Å². The van der Waals surface area contributed by atoms with Crippen LogP contribution in [-0.4, -0.2) is 38.8 Å². The Morgan fingerprint density at radius 1 is 1.43 bits per heavy atom. The summed E-state index contributed by atoms with van der Waals surface area (Å²) in [4.78, 5) is 14.3. The second-order valence-corrected chi connectivity index (χ2v) is 5.62. The van der Waals surface area contributed by atoms with Gasteiger partial charge >= 0.3 is 5.97 Å². The van der Waals surface area contributed by atoms with Gasteiger partial charge in [0.05, 0.1) is 12.5 Å². The zero-order chi connectivity index (χ0) is 15.2. The fourth-order valence-electron chi connectivity index (χ4n) is 2.82.